The number of benzene rings is 1. The molecule has 1 aromatic carbocycles. The van der Waals surface area contributed by atoms with Crippen molar-refractivity contribution in [2.45, 2.75) is 45.1 Å². The van der Waals surface area contributed by atoms with E-state index in [2.05, 4.69) is 50.0 Å². The first-order valence-corrected chi connectivity index (χ1v) is 11.2. The third kappa shape index (κ3) is 3.13. The quantitative estimate of drug-likeness (QED) is 0.732. The fourth-order valence-electron chi connectivity index (χ4n) is 6.67. The van der Waals surface area contributed by atoms with Crippen molar-refractivity contribution in [3.05, 3.63) is 34.3 Å². The van der Waals surface area contributed by atoms with Gasteiger partial charge in [-0.1, -0.05) is 28.1 Å². The second-order valence-corrected chi connectivity index (χ2v) is 10.3. The maximum absolute atomic E-state index is 13.5. The van der Waals surface area contributed by atoms with Crippen LogP contribution in [0.1, 0.15) is 44.1 Å². The minimum atomic E-state index is 0.0304. The van der Waals surface area contributed by atoms with Gasteiger partial charge in [0.05, 0.1) is 5.41 Å². The Hall–Kier alpha value is -0.870. The Morgan fingerprint density at radius 2 is 1.46 bits per heavy atom. The molecule has 5 aliphatic rings. The minimum Gasteiger partial charge on any atom is -0.340 e. The van der Waals surface area contributed by atoms with Crippen LogP contribution in [0, 0.1) is 23.2 Å². The summed E-state index contributed by atoms with van der Waals surface area (Å²) < 4.78 is 1.13. The minimum absolute atomic E-state index is 0.0304. The van der Waals surface area contributed by atoms with E-state index in [-0.39, 0.29) is 5.41 Å². The first-order valence-electron chi connectivity index (χ1n) is 10.4. The average Bonchev–Trinajstić information content (AvgIpc) is 2.63. The summed E-state index contributed by atoms with van der Waals surface area (Å²) in [6, 6.07) is 8.61. The van der Waals surface area contributed by atoms with E-state index < -0.39 is 0 Å². The smallest absolute Gasteiger partial charge is 0.228 e. The highest BCUT2D eigenvalue weighted by molar-refractivity contribution is 9.10. The normalized spacial score (nSPS) is 36.5. The van der Waals surface area contributed by atoms with E-state index >= 15 is 0 Å². The van der Waals surface area contributed by atoms with E-state index in [1.807, 2.05) is 0 Å². The van der Waals surface area contributed by atoms with Crippen molar-refractivity contribution in [2.75, 3.05) is 26.2 Å². The van der Waals surface area contributed by atoms with Crippen LogP contribution in [-0.2, 0) is 11.3 Å². The molecular formula is C22H29BrN2O. The Bertz CT molecular complexity index is 643. The van der Waals surface area contributed by atoms with Crippen LogP contribution in [0.2, 0.25) is 0 Å². The molecule has 0 unspecified atom stereocenters. The molecule has 1 saturated heterocycles. The van der Waals surface area contributed by atoms with E-state index in [4.69, 9.17) is 0 Å². The molecule has 4 aliphatic carbocycles. The summed E-state index contributed by atoms with van der Waals surface area (Å²) in [5, 5.41) is 0. The summed E-state index contributed by atoms with van der Waals surface area (Å²) in [4.78, 5) is 18.2. The predicted molar refractivity (Wildman–Crippen MR) is 107 cm³/mol. The topological polar surface area (TPSA) is 23.6 Å². The molecule has 1 aromatic rings. The van der Waals surface area contributed by atoms with Crippen molar-refractivity contribution in [3.63, 3.8) is 0 Å². The number of amides is 1. The molecule has 1 amide bonds. The van der Waals surface area contributed by atoms with Crippen molar-refractivity contribution in [1.82, 2.24) is 9.80 Å². The van der Waals surface area contributed by atoms with Crippen molar-refractivity contribution in [1.29, 1.82) is 0 Å². The molecule has 0 radical (unpaired) electrons. The summed E-state index contributed by atoms with van der Waals surface area (Å²) >= 11 is 3.50. The Labute approximate surface area is 165 Å². The Morgan fingerprint density at radius 1 is 0.923 bits per heavy atom. The van der Waals surface area contributed by atoms with Gasteiger partial charge in [0, 0.05) is 37.2 Å². The van der Waals surface area contributed by atoms with Crippen LogP contribution in [0.15, 0.2) is 28.7 Å². The summed E-state index contributed by atoms with van der Waals surface area (Å²) in [5.74, 6) is 3.07. The lowest BCUT2D eigenvalue weighted by Crippen LogP contribution is -2.58. The lowest BCUT2D eigenvalue weighted by atomic mass is 9.49. The summed E-state index contributed by atoms with van der Waals surface area (Å²) in [6.45, 7) is 4.84. The van der Waals surface area contributed by atoms with Crippen molar-refractivity contribution in [3.8, 4) is 0 Å². The molecular weight excluding hydrogens is 388 g/mol. The number of halogens is 1. The molecule has 5 fully saturated rings. The zero-order chi connectivity index (χ0) is 17.7. The molecule has 1 aliphatic heterocycles. The van der Waals surface area contributed by atoms with Gasteiger partial charge in [-0.3, -0.25) is 9.69 Å². The van der Waals surface area contributed by atoms with Gasteiger partial charge in [-0.25, -0.2) is 0 Å². The van der Waals surface area contributed by atoms with Gasteiger partial charge in [-0.15, -0.1) is 0 Å². The van der Waals surface area contributed by atoms with E-state index in [9.17, 15) is 4.79 Å². The molecule has 26 heavy (non-hydrogen) atoms. The van der Waals surface area contributed by atoms with Gasteiger partial charge < -0.3 is 4.90 Å². The molecule has 1 heterocycles. The second-order valence-electron chi connectivity index (χ2n) is 9.39. The molecule has 0 atom stereocenters. The lowest BCUT2D eigenvalue weighted by Gasteiger charge is -2.57. The Kier molecular flexibility index (Phi) is 4.40. The zero-order valence-corrected chi connectivity index (χ0v) is 17.1. The number of hydrogen-bond donors (Lipinski definition) is 0. The van der Waals surface area contributed by atoms with Crippen molar-refractivity contribution < 1.29 is 4.79 Å². The third-order valence-electron chi connectivity index (χ3n) is 7.47. The fraction of sp³-hybridized carbons (Fsp3) is 0.682. The highest BCUT2D eigenvalue weighted by Crippen LogP contribution is 2.60. The van der Waals surface area contributed by atoms with E-state index in [0.717, 1.165) is 55.0 Å². The molecule has 4 heteroatoms. The predicted octanol–water partition coefficient (Wildman–Crippen LogP) is 4.31. The van der Waals surface area contributed by atoms with Crippen LogP contribution in [0.5, 0.6) is 0 Å². The standard InChI is InChI=1S/C22H29BrN2O/c23-20-3-1-16(2-4-20)15-24-5-7-25(8-6-24)21(26)22-12-17-9-18(13-22)11-19(10-17)14-22/h1-4,17-19H,5-15H2. The van der Waals surface area contributed by atoms with Gasteiger partial charge >= 0.3 is 0 Å². The molecule has 4 bridgehead atoms. The van der Waals surface area contributed by atoms with Crippen LogP contribution in [0.3, 0.4) is 0 Å². The molecule has 4 saturated carbocycles. The number of rotatable bonds is 3. The maximum Gasteiger partial charge on any atom is 0.228 e. The highest BCUT2D eigenvalue weighted by Gasteiger charge is 2.55. The number of carbonyl (C=O) groups excluding carboxylic acids is 1. The molecule has 0 N–H and O–H groups in total. The van der Waals surface area contributed by atoms with Crippen LogP contribution < -0.4 is 0 Å². The van der Waals surface area contributed by atoms with Crippen LogP contribution in [0.4, 0.5) is 0 Å². The number of carbonyl (C=O) groups is 1. The zero-order valence-electron chi connectivity index (χ0n) is 15.5. The SMILES string of the molecule is O=C(N1CCN(Cc2ccc(Br)cc2)CC1)C12CC3CC(CC(C3)C1)C2. The molecule has 0 aromatic heterocycles. The van der Waals surface area contributed by atoms with Gasteiger partial charge in [0.15, 0.2) is 0 Å². The lowest BCUT2D eigenvalue weighted by molar-refractivity contribution is -0.159. The Morgan fingerprint density at radius 3 is 2.00 bits per heavy atom. The monoisotopic (exact) mass is 416 g/mol. The fourth-order valence-corrected chi connectivity index (χ4v) is 6.93. The summed E-state index contributed by atoms with van der Waals surface area (Å²) in [6.07, 6.45) is 7.80. The van der Waals surface area contributed by atoms with Crippen LogP contribution in [-0.4, -0.2) is 41.9 Å². The largest absolute Gasteiger partial charge is 0.340 e. The van der Waals surface area contributed by atoms with Crippen LogP contribution in [0.25, 0.3) is 0 Å². The maximum atomic E-state index is 13.5. The number of nitrogens with zero attached hydrogens (tertiary/aromatic N) is 2. The van der Waals surface area contributed by atoms with E-state index in [0.29, 0.717) is 5.91 Å². The van der Waals surface area contributed by atoms with Gasteiger partial charge in [0.2, 0.25) is 5.91 Å². The van der Waals surface area contributed by atoms with Crippen LogP contribution >= 0.6 is 15.9 Å². The first kappa shape index (κ1) is 17.2. The summed E-state index contributed by atoms with van der Waals surface area (Å²) in [7, 11) is 0. The van der Waals surface area contributed by atoms with Gasteiger partial charge in [-0.05, 0) is 74.0 Å². The molecule has 6 rings (SSSR count). The second kappa shape index (κ2) is 6.63. The van der Waals surface area contributed by atoms with Gasteiger partial charge in [0.25, 0.3) is 0 Å². The van der Waals surface area contributed by atoms with Crippen molar-refractivity contribution in [2.24, 2.45) is 23.2 Å². The van der Waals surface area contributed by atoms with Gasteiger partial charge in [0.1, 0.15) is 0 Å². The highest BCUT2D eigenvalue weighted by atomic mass is 79.9. The van der Waals surface area contributed by atoms with E-state index in [1.54, 1.807) is 0 Å². The number of piperazine rings is 1. The molecule has 0 spiro atoms. The van der Waals surface area contributed by atoms with Gasteiger partial charge in [-0.2, -0.15) is 0 Å². The summed E-state index contributed by atoms with van der Waals surface area (Å²) in [5.41, 5.74) is 1.39. The molecule has 140 valence electrons. The number of hydrogen-bond acceptors (Lipinski definition) is 2. The average molecular weight is 417 g/mol. The van der Waals surface area contributed by atoms with E-state index in [1.165, 1.54) is 44.1 Å². The van der Waals surface area contributed by atoms with Crippen molar-refractivity contribution >= 4 is 21.8 Å². The third-order valence-corrected chi connectivity index (χ3v) is 8.00. The Balaban J connectivity index is 1.20. The molecule has 3 nitrogen and oxygen atoms in total. The first-order chi connectivity index (χ1) is 12.6.